The quantitative estimate of drug-likeness (QED) is 0.856. The minimum atomic E-state index is -0.727. The molecule has 0 unspecified atom stereocenters. The molecule has 1 fully saturated rings. The van der Waals surface area contributed by atoms with Crippen LogP contribution in [0.1, 0.15) is 24.2 Å². The largest absolute Gasteiger partial charge is 0.386 e. The molecule has 1 aromatic heterocycles. The predicted molar refractivity (Wildman–Crippen MR) is 71.8 cm³/mol. The number of rotatable bonds is 2. The van der Waals surface area contributed by atoms with Crippen LogP contribution in [0.4, 0.5) is 0 Å². The van der Waals surface area contributed by atoms with Crippen molar-refractivity contribution in [1.29, 1.82) is 0 Å². The summed E-state index contributed by atoms with van der Waals surface area (Å²) in [5.41, 5.74) is 0.827. The Kier molecular flexibility index (Phi) is 2.60. The first-order valence-electron chi connectivity index (χ1n) is 6.44. The number of carbonyl (C=O) groups excluding carboxylic acids is 1. The molecule has 0 spiro atoms. The predicted octanol–water partition coefficient (Wildman–Crippen LogP) is 1.41. The molecule has 1 aliphatic rings. The Labute approximate surface area is 111 Å². The van der Waals surface area contributed by atoms with Crippen molar-refractivity contribution in [3.63, 3.8) is 0 Å². The molecule has 2 N–H and O–H groups in total. The van der Waals surface area contributed by atoms with Gasteiger partial charge in [-0.1, -0.05) is 13.8 Å². The van der Waals surface area contributed by atoms with E-state index in [4.69, 9.17) is 0 Å². The van der Waals surface area contributed by atoms with E-state index in [0.717, 1.165) is 10.9 Å². The van der Waals surface area contributed by atoms with E-state index in [1.165, 1.54) is 0 Å². The summed E-state index contributed by atoms with van der Waals surface area (Å²) in [5.74, 6) is 0.126. The van der Waals surface area contributed by atoms with E-state index in [2.05, 4.69) is 10.2 Å². The van der Waals surface area contributed by atoms with Crippen molar-refractivity contribution in [2.75, 3.05) is 13.1 Å². The van der Waals surface area contributed by atoms with Crippen molar-refractivity contribution in [2.45, 2.75) is 19.4 Å². The van der Waals surface area contributed by atoms with Crippen LogP contribution in [-0.4, -0.2) is 44.8 Å². The molecule has 0 atom stereocenters. The van der Waals surface area contributed by atoms with Gasteiger partial charge in [-0.15, -0.1) is 0 Å². The third kappa shape index (κ3) is 1.90. The lowest BCUT2D eigenvalue weighted by atomic mass is 9.82. The molecule has 19 heavy (non-hydrogen) atoms. The number of H-pyrrole nitrogens is 1. The highest BCUT2D eigenvalue weighted by Crippen LogP contribution is 2.30. The van der Waals surface area contributed by atoms with E-state index >= 15 is 0 Å². The van der Waals surface area contributed by atoms with Crippen molar-refractivity contribution in [3.8, 4) is 0 Å². The molecule has 1 saturated heterocycles. The number of hydrogen-bond donors (Lipinski definition) is 2. The van der Waals surface area contributed by atoms with Crippen molar-refractivity contribution in [3.05, 3.63) is 30.0 Å². The van der Waals surface area contributed by atoms with E-state index in [9.17, 15) is 9.90 Å². The molecule has 3 rings (SSSR count). The zero-order chi connectivity index (χ0) is 13.6. The van der Waals surface area contributed by atoms with E-state index in [1.807, 2.05) is 26.0 Å². The van der Waals surface area contributed by atoms with Crippen molar-refractivity contribution < 1.29 is 9.90 Å². The number of benzene rings is 1. The van der Waals surface area contributed by atoms with Gasteiger partial charge in [-0.3, -0.25) is 9.89 Å². The maximum atomic E-state index is 12.3. The average Bonchev–Trinajstić information content (AvgIpc) is 2.80. The van der Waals surface area contributed by atoms with Gasteiger partial charge in [0.15, 0.2) is 0 Å². The highest BCUT2D eigenvalue weighted by atomic mass is 16.3. The minimum Gasteiger partial charge on any atom is -0.386 e. The van der Waals surface area contributed by atoms with E-state index in [-0.39, 0.29) is 11.8 Å². The lowest BCUT2D eigenvalue weighted by Crippen LogP contribution is -2.65. The van der Waals surface area contributed by atoms with Gasteiger partial charge in [0, 0.05) is 10.9 Å². The second kappa shape index (κ2) is 4.06. The van der Waals surface area contributed by atoms with Crippen molar-refractivity contribution in [1.82, 2.24) is 15.1 Å². The van der Waals surface area contributed by atoms with Crippen LogP contribution in [0.15, 0.2) is 24.4 Å². The summed E-state index contributed by atoms with van der Waals surface area (Å²) in [6.07, 6.45) is 1.70. The number of likely N-dealkylation sites (tertiary alicyclic amines) is 1. The number of β-amino-alcohol motifs (C(OH)–C–C–N with tert-alkyl or cyclic N) is 1. The van der Waals surface area contributed by atoms with Crippen LogP contribution < -0.4 is 0 Å². The first kappa shape index (κ1) is 12.2. The van der Waals surface area contributed by atoms with Gasteiger partial charge in [0.2, 0.25) is 0 Å². The Hall–Kier alpha value is -1.88. The van der Waals surface area contributed by atoms with Gasteiger partial charge < -0.3 is 10.0 Å². The van der Waals surface area contributed by atoms with Gasteiger partial charge in [-0.25, -0.2) is 0 Å². The third-order valence-electron chi connectivity index (χ3n) is 3.98. The summed E-state index contributed by atoms with van der Waals surface area (Å²) in [6, 6.07) is 5.47. The molecule has 0 aliphatic carbocycles. The lowest BCUT2D eigenvalue weighted by molar-refractivity contribution is -0.110. The third-order valence-corrected chi connectivity index (χ3v) is 3.98. The standard InChI is InChI=1S/C14H17N3O2/c1-9(2)14(19)7-17(8-14)13(18)10-3-4-12-11(5-10)6-15-16-12/h3-6,9,19H,7-8H2,1-2H3,(H,15,16). The SMILES string of the molecule is CC(C)C1(O)CN(C(=O)c2ccc3[nH]ncc3c2)C1. The Morgan fingerprint density at radius 3 is 2.89 bits per heavy atom. The fourth-order valence-corrected chi connectivity index (χ4v) is 2.38. The Balaban J connectivity index is 1.78. The molecule has 0 bridgehead atoms. The zero-order valence-corrected chi connectivity index (χ0v) is 11.1. The average molecular weight is 259 g/mol. The van der Waals surface area contributed by atoms with Crippen molar-refractivity contribution >= 4 is 16.8 Å². The maximum Gasteiger partial charge on any atom is 0.254 e. The number of carbonyl (C=O) groups is 1. The summed E-state index contributed by atoms with van der Waals surface area (Å²) < 4.78 is 0. The van der Waals surface area contributed by atoms with E-state index in [1.54, 1.807) is 17.2 Å². The van der Waals surface area contributed by atoms with Gasteiger partial charge in [0.05, 0.1) is 24.8 Å². The number of nitrogens with zero attached hydrogens (tertiary/aromatic N) is 2. The van der Waals surface area contributed by atoms with Crippen LogP contribution in [0.3, 0.4) is 0 Å². The molecule has 1 aromatic carbocycles. The number of amides is 1. The molecule has 100 valence electrons. The Morgan fingerprint density at radius 1 is 1.47 bits per heavy atom. The molecular formula is C14H17N3O2. The normalized spacial score (nSPS) is 17.8. The molecule has 0 saturated carbocycles. The van der Waals surface area contributed by atoms with Gasteiger partial charge in [-0.2, -0.15) is 5.10 Å². The van der Waals surface area contributed by atoms with Crippen LogP contribution >= 0.6 is 0 Å². The monoisotopic (exact) mass is 259 g/mol. The first-order chi connectivity index (χ1) is 8.99. The van der Waals surface area contributed by atoms with Crippen LogP contribution in [0.5, 0.6) is 0 Å². The summed E-state index contributed by atoms with van der Waals surface area (Å²) in [4.78, 5) is 14.0. The number of hydrogen-bond acceptors (Lipinski definition) is 3. The molecule has 0 radical (unpaired) electrons. The molecule has 2 aromatic rings. The van der Waals surface area contributed by atoms with Gasteiger partial charge >= 0.3 is 0 Å². The summed E-state index contributed by atoms with van der Waals surface area (Å²) in [5, 5.41) is 17.9. The molecule has 1 amide bonds. The molecule has 5 heteroatoms. The summed E-state index contributed by atoms with van der Waals surface area (Å²) in [7, 11) is 0. The fraction of sp³-hybridized carbons (Fsp3) is 0.429. The second-order valence-corrected chi connectivity index (χ2v) is 5.59. The number of aromatic amines is 1. The number of aliphatic hydroxyl groups is 1. The van der Waals surface area contributed by atoms with Gasteiger partial charge in [0.1, 0.15) is 5.60 Å². The number of fused-ring (bicyclic) bond motifs is 1. The first-order valence-corrected chi connectivity index (χ1v) is 6.44. The van der Waals surface area contributed by atoms with Crippen LogP contribution in [0.25, 0.3) is 10.9 Å². The summed E-state index contributed by atoms with van der Waals surface area (Å²) in [6.45, 7) is 4.76. The number of nitrogens with one attached hydrogen (secondary N) is 1. The Bertz CT molecular complexity index is 626. The number of aromatic nitrogens is 2. The fourth-order valence-electron chi connectivity index (χ4n) is 2.38. The van der Waals surface area contributed by atoms with E-state index < -0.39 is 5.60 Å². The topological polar surface area (TPSA) is 69.2 Å². The molecule has 2 heterocycles. The van der Waals surface area contributed by atoms with Crippen LogP contribution in [0.2, 0.25) is 0 Å². The molecule has 1 aliphatic heterocycles. The minimum absolute atomic E-state index is 0.0339. The Morgan fingerprint density at radius 2 is 2.21 bits per heavy atom. The van der Waals surface area contributed by atoms with Crippen LogP contribution in [-0.2, 0) is 0 Å². The summed E-state index contributed by atoms with van der Waals surface area (Å²) >= 11 is 0. The second-order valence-electron chi connectivity index (χ2n) is 5.59. The molecular weight excluding hydrogens is 242 g/mol. The lowest BCUT2D eigenvalue weighted by Gasteiger charge is -2.49. The smallest absolute Gasteiger partial charge is 0.254 e. The van der Waals surface area contributed by atoms with Gasteiger partial charge in [-0.05, 0) is 24.1 Å². The van der Waals surface area contributed by atoms with E-state index in [0.29, 0.717) is 18.7 Å². The van der Waals surface area contributed by atoms with Gasteiger partial charge in [0.25, 0.3) is 5.91 Å². The maximum absolute atomic E-state index is 12.3. The highest BCUT2D eigenvalue weighted by molar-refractivity contribution is 5.98. The zero-order valence-electron chi connectivity index (χ0n) is 11.1. The van der Waals surface area contributed by atoms with Crippen molar-refractivity contribution in [2.24, 2.45) is 5.92 Å². The molecule has 5 nitrogen and oxygen atoms in total. The highest BCUT2D eigenvalue weighted by Gasteiger charge is 2.45. The van der Waals surface area contributed by atoms with Crippen LogP contribution in [0, 0.1) is 5.92 Å².